The van der Waals surface area contributed by atoms with Crippen molar-refractivity contribution in [1.82, 2.24) is 5.32 Å². The Kier molecular flexibility index (Phi) is 5.55. The van der Waals surface area contributed by atoms with Gasteiger partial charge in [-0.3, -0.25) is 9.59 Å². The lowest BCUT2D eigenvalue weighted by atomic mass is 9.99. The van der Waals surface area contributed by atoms with Crippen LogP contribution in [-0.2, 0) is 16.0 Å². The summed E-state index contributed by atoms with van der Waals surface area (Å²) in [6.07, 6.45) is 0.418. The van der Waals surface area contributed by atoms with Crippen LogP contribution >= 0.6 is 0 Å². The Bertz CT molecular complexity index is 479. The summed E-state index contributed by atoms with van der Waals surface area (Å²) in [7, 11) is 0. The van der Waals surface area contributed by atoms with E-state index in [2.05, 4.69) is 5.32 Å². The number of primary amides is 1. The molecule has 0 saturated carbocycles. The third-order valence-electron chi connectivity index (χ3n) is 2.65. The number of nitrogens with one attached hydrogen (secondary N) is 1. The Balaban J connectivity index is 2.58. The van der Waals surface area contributed by atoms with Gasteiger partial charge in [0, 0.05) is 12.5 Å². The summed E-state index contributed by atoms with van der Waals surface area (Å²) in [5.41, 5.74) is 5.97. The molecule has 1 aromatic carbocycles. The van der Waals surface area contributed by atoms with E-state index in [9.17, 15) is 9.59 Å². The minimum atomic E-state index is -0.766. The average molecular weight is 259 g/mol. The molecule has 0 aliphatic heterocycles. The van der Waals surface area contributed by atoms with Crippen molar-refractivity contribution in [2.75, 3.05) is 0 Å². The van der Waals surface area contributed by atoms with Crippen LogP contribution in [0, 0.1) is 17.2 Å². The van der Waals surface area contributed by atoms with E-state index in [1.165, 1.54) is 0 Å². The molecule has 5 nitrogen and oxygen atoms in total. The molecule has 100 valence electrons. The molecule has 0 bridgehead atoms. The predicted molar refractivity (Wildman–Crippen MR) is 70.7 cm³/mol. The van der Waals surface area contributed by atoms with Crippen molar-refractivity contribution in [3.63, 3.8) is 0 Å². The van der Waals surface area contributed by atoms with Crippen LogP contribution in [0.4, 0.5) is 0 Å². The molecule has 0 spiro atoms. The maximum atomic E-state index is 11.9. The zero-order valence-corrected chi connectivity index (χ0v) is 10.8. The summed E-state index contributed by atoms with van der Waals surface area (Å²) in [6, 6.07) is 10.9. The van der Waals surface area contributed by atoms with Crippen LogP contribution in [0.2, 0.25) is 0 Å². The second-order valence-corrected chi connectivity index (χ2v) is 4.45. The van der Waals surface area contributed by atoms with E-state index >= 15 is 0 Å². The molecule has 0 aromatic heterocycles. The van der Waals surface area contributed by atoms with Gasteiger partial charge in [0.25, 0.3) is 0 Å². The Hall–Kier alpha value is -2.35. The van der Waals surface area contributed by atoms with Gasteiger partial charge in [-0.1, -0.05) is 30.3 Å². The molecule has 3 N–H and O–H groups in total. The fourth-order valence-electron chi connectivity index (χ4n) is 1.74. The van der Waals surface area contributed by atoms with E-state index in [4.69, 9.17) is 11.0 Å². The van der Waals surface area contributed by atoms with Crippen LogP contribution < -0.4 is 11.1 Å². The van der Waals surface area contributed by atoms with Crippen LogP contribution in [0.1, 0.15) is 18.9 Å². The van der Waals surface area contributed by atoms with Gasteiger partial charge in [0.15, 0.2) is 0 Å². The molecule has 2 unspecified atom stereocenters. The maximum Gasteiger partial charge on any atom is 0.237 e. The predicted octanol–water partition coefficient (Wildman–Crippen LogP) is 0.749. The van der Waals surface area contributed by atoms with Gasteiger partial charge >= 0.3 is 0 Å². The second kappa shape index (κ2) is 7.17. The molecule has 0 aliphatic carbocycles. The summed E-state index contributed by atoms with van der Waals surface area (Å²) in [5, 5.41) is 11.7. The van der Waals surface area contributed by atoms with E-state index in [-0.39, 0.29) is 18.4 Å². The zero-order chi connectivity index (χ0) is 14.3. The molecule has 2 atom stereocenters. The lowest BCUT2D eigenvalue weighted by Crippen LogP contribution is -2.39. The van der Waals surface area contributed by atoms with E-state index < -0.39 is 11.8 Å². The number of carbonyl (C=O) groups is 2. The lowest BCUT2D eigenvalue weighted by Gasteiger charge is -2.15. The highest BCUT2D eigenvalue weighted by Gasteiger charge is 2.20. The lowest BCUT2D eigenvalue weighted by molar-refractivity contribution is -0.124. The van der Waals surface area contributed by atoms with E-state index in [1.807, 2.05) is 36.4 Å². The van der Waals surface area contributed by atoms with Gasteiger partial charge in [0.1, 0.15) is 5.92 Å². The molecular weight excluding hydrogens is 242 g/mol. The number of nitrogens with two attached hydrogens (primary N) is 1. The molecule has 0 aliphatic rings. The highest BCUT2D eigenvalue weighted by atomic mass is 16.2. The fourth-order valence-corrected chi connectivity index (χ4v) is 1.74. The molecule has 0 saturated heterocycles. The van der Waals surface area contributed by atoms with Crippen LogP contribution in [0.25, 0.3) is 0 Å². The van der Waals surface area contributed by atoms with Crippen LogP contribution in [0.15, 0.2) is 30.3 Å². The Morgan fingerprint density at radius 2 is 2.00 bits per heavy atom. The van der Waals surface area contributed by atoms with Crippen molar-refractivity contribution < 1.29 is 9.59 Å². The van der Waals surface area contributed by atoms with Crippen molar-refractivity contribution in [3.8, 4) is 6.07 Å². The van der Waals surface area contributed by atoms with E-state index in [1.54, 1.807) is 6.92 Å². The first-order valence-corrected chi connectivity index (χ1v) is 6.05. The highest BCUT2D eigenvalue weighted by Crippen LogP contribution is 2.08. The fraction of sp³-hybridized carbons (Fsp3) is 0.357. The molecule has 2 amide bonds. The van der Waals surface area contributed by atoms with E-state index in [0.29, 0.717) is 6.42 Å². The highest BCUT2D eigenvalue weighted by molar-refractivity contribution is 5.82. The summed E-state index contributed by atoms with van der Waals surface area (Å²) in [5.74, 6) is -1.62. The van der Waals surface area contributed by atoms with Gasteiger partial charge in [-0.05, 0) is 18.9 Å². The first kappa shape index (κ1) is 14.7. The largest absolute Gasteiger partial charge is 0.370 e. The molecule has 0 heterocycles. The van der Waals surface area contributed by atoms with Crippen LogP contribution in [-0.4, -0.2) is 17.9 Å². The molecule has 1 rings (SSSR count). The van der Waals surface area contributed by atoms with Gasteiger partial charge < -0.3 is 11.1 Å². The Morgan fingerprint density at radius 1 is 1.37 bits per heavy atom. The van der Waals surface area contributed by atoms with Gasteiger partial charge in [0.05, 0.1) is 6.07 Å². The number of hydrogen-bond acceptors (Lipinski definition) is 3. The molecular formula is C14H17N3O2. The number of hydrogen-bond donors (Lipinski definition) is 2. The number of rotatable bonds is 6. The maximum absolute atomic E-state index is 11.9. The van der Waals surface area contributed by atoms with Gasteiger partial charge in [-0.2, -0.15) is 5.26 Å². The van der Waals surface area contributed by atoms with Crippen molar-refractivity contribution in [3.05, 3.63) is 35.9 Å². The van der Waals surface area contributed by atoms with Gasteiger partial charge in [-0.25, -0.2) is 0 Å². The monoisotopic (exact) mass is 259 g/mol. The number of carbonyl (C=O) groups excluding carboxylic acids is 2. The standard InChI is InChI=1S/C14H17N3O2/c1-10(7-13(16)18)17-14(19)12(9-15)8-11-5-3-2-4-6-11/h2-6,10,12H,7-8H2,1H3,(H2,16,18)(H,17,19). The third kappa shape index (κ3) is 5.21. The Morgan fingerprint density at radius 3 is 2.53 bits per heavy atom. The number of nitriles is 1. The van der Waals surface area contributed by atoms with Crippen LogP contribution in [0.3, 0.4) is 0 Å². The normalized spacial score (nSPS) is 13.1. The van der Waals surface area contributed by atoms with Crippen molar-refractivity contribution in [1.29, 1.82) is 5.26 Å². The van der Waals surface area contributed by atoms with Crippen LogP contribution in [0.5, 0.6) is 0 Å². The third-order valence-corrected chi connectivity index (χ3v) is 2.65. The quantitative estimate of drug-likeness (QED) is 0.789. The molecule has 0 fully saturated rings. The smallest absolute Gasteiger partial charge is 0.237 e. The topological polar surface area (TPSA) is 96.0 Å². The molecule has 19 heavy (non-hydrogen) atoms. The SMILES string of the molecule is CC(CC(N)=O)NC(=O)C(C#N)Cc1ccccc1. The van der Waals surface area contributed by atoms with Gasteiger partial charge in [-0.15, -0.1) is 0 Å². The first-order valence-electron chi connectivity index (χ1n) is 6.05. The molecule has 0 radical (unpaired) electrons. The van der Waals surface area contributed by atoms with E-state index in [0.717, 1.165) is 5.56 Å². The summed E-state index contributed by atoms with van der Waals surface area (Å²) in [6.45, 7) is 1.68. The minimum absolute atomic E-state index is 0.0647. The summed E-state index contributed by atoms with van der Waals surface area (Å²) in [4.78, 5) is 22.6. The van der Waals surface area contributed by atoms with Gasteiger partial charge in [0.2, 0.25) is 11.8 Å². The summed E-state index contributed by atoms with van der Waals surface area (Å²) >= 11 is 0. The average Bonchev–Trinajstić information content (AvgIpc) is 2.35. The van der Waals surface area contributed by atoms with Crippen molar-refractivity contribution in [2.24, 2.45) is 11.7 Å². The summed E-state index contributed by atoms with van der Waals surface area (Å²) < 4.78 is 0. The first-order chi connectivity index (χ1) is 9.02. The second-order valence-electron chi connectivity index (χ2n) is 4.45. The number of benzene rings is 1. The van der Waals surface area contributed by atoms with Crippen molar-refractivity contribution >= 4 is 11.8 Å². The molecule has 1 aromatic rings. The zero-order valence-electron chi connectivity index (χ0n) is 10.8. The van der Waals surface area contributed by atoms with Crippen molar-refractivity contribution in [2.45, 2.75) is 25.8 Å². The number of amides is 2. The Labute approximate surface area is 112 Å². The minimum Gasteiger partial charge on any atom is -0.370 e. The number of nitrogens with zero attached hydrogens (tertiary/aromatic N) is 1. The molecule has 5 heteroatoms.